The van der Waals surface area contributed by atoms with E-state index in [1.807, 2.05) is 0 Å². The molecule has 0 spiro atoms. The smallest absolute Gasteiger partial charge is 0.339 e. The molecule has 0 aliphatic rings. The molecule has 0 aliphatic carbocycles. The van der Waals surface area contributed by atoms with Crippen LogP contribution >= 0.6 is 0 Å². The first-order valence-corrected chi connectivity index (χ1v) is 7.61. The second-order valence-corrected chi connectivity index (χ2v) is 5.48. The maximum Gasteiger partial charge on any atom is 0.339 e. The number of anilines is 1. The predicted octanol–water partition coefficient (Wildman–Crippen LogP) is 1.38. The second kappa shape index (κ2) is 8.04. The van der Waals surface area contributed by atoms with Gasteiger partial charge in [0.1, 0.15) is 6.54 Å². The highest BCUT2D eigenvalue weighted by atomic mass is 16.6. The van der Waals surface area contributed by atoms with Crippen LogP contribution in [0.5, 0.6) is 0 Å². The summed E-state index contributed by atoms with van der Waals surface area (Å²) in [6, 6.07) is 6.93. The number of rotatable bonds is 6. The van der Waals surface area contributed by atoms with E-state index in [2.05, 4.69) is 10.1 Å². The summed E-state index contributed by atoms with van der Waals surface area (Å²) >= 11 is 0. The van der Waals surface area contributed by atoms with E-state index in [0.29, 0.717) is 11.3 Å². The van der Waals surface area contributed by atoms with Crippen LogP contribution in [0.4, 0.5) is 11.4 Å². The number of ketones is 1. The molecule has 0 aliphatic heterocycles. The molecule has 1 amide bonds. The van der Waals surface area contributed by atoms with Crippen LogP contribution in [-0.2, 0) is 16.1 Å². The molecule has 0 fully saturated rings. The van der Waals surface area contributed by atoms with Crippen molar-refractivity contribution < 1.29 is 24.0 Å². The number of hydrogen-bond acceptors (Lipinski definition) is 7. The Labute approximate surface area is 152 Å². The van der Waals surface area contributed by atoms with Crippen molar-refractivity contribution in [2.45, 2.75) is 13.5 Å². The number of ether oxygens (including phenoxy) is 1. The second-order valence-electron chi connectivity index (χ2n) is 5.48. The summed E-state index contributed by atoms with van der Waals surface area (Å²) in [4.78, 5) is 57.5. The molecule has 10 nitrogen and oxygen atoms in total. The summed E-state index contributed by atoms with van der Waals surface area (Å²) in [6.45, 7) is 0.798. The molecule has 1 aromatic heterocycles. The van der Waals surface area contributed by atoms with Crippen LogP contribution in [0.1, 0.15) is 27.6 Å². The molecule has 0 unspecified atom stereocenters. The standard InChI is InChI=1S/C17H15N3O7/c1-10(21)11-4-3-5-13(6-11)18-15(22)9-19-8-12(17(24)27-2)7-14(16(19)23)20(25)26/h3-8H,9H2,1-2H3,(H,18,22). The molecule has 1 heterocycles. The summed E-state index contributed by atoms with van der Waals surface area (Å²) in [5, 5.41) is 13.5. The van der Waals surface area contributed by atoms with Gasteiger partial charge in [-0.15, -0.1) is 0 Å². The lowest BCUT2D eigenvalue weighted by Crippen LogP contribution is -2.29. The number of pyridine rings is 1. The summed E-state index contributed by atoms with van der Waals surface area (Å²) in [5.74, 6) is -1.75. The van der Waals surface area contributed by atoms with Gasteiger partial charge in [0.05, 0.1) is 17.6 Å². The Morgan fingerprint density at radius 2 is 1.93 bits per heavy atom. The van der Waals surface area contributed by atoms with Gasteiger partial charge in [-0.05, 0) is 19.1 Å². The third kappa shape index (κ3) is 4.63. The molecular weight excluding hydrogens is 358 g/mol. The lowest BCUT2D eigenvalue weighted by molar-refractivity contribution is -0.386. The number of carbonyl (C=O) groups is 3. The minimum absolute atomic E-state index is 0.191. The molecule has 0 radical (unpaired) electrons. The van der Waals surface area contributed by atoms with E-state index < -0.39 is 34.6 Å². The van der Waals surface area contributed by atoms with E-state index in [4.69, 9.17) is 0 Å². The van der Waals surface area contributed by atoms with Gasteiger partial charge in [0.2, 0.25) is 5.91 Å². The number of nitrogens with one attached hydrogen (secondary N) is 1. The fraction of sp³-hybridized carbons (Fsp3) is 0.176. The monoisotopic (exact) mass is 373 g/mol. The minimum atomic E-state index is -1.04. The molecule has 1 N–H and O–H groups in total. The first-order valence-electron chi connectivity index (χ1n) is 7.61. The fourth-order valence-corrected chi connectivity index (χ4v) is 2.27. The van der Waals surface area contributed by atoms with Crippen molar-refractivity contribution in [3.63, 3.8) is 0 Å². The molecule has 0 bridgehead atoms. The Balaban J connectivity index is 2.31. The Kier molecular flexibility index (Phi) is 5.81. The normalized spacial score (nSPS) is 10.1. The van der Waals surface area contributed by atoms with Gasteiger partial charge in [-0.1, -0.05) is 12.1 Å². The SMILES string of the molecule is COC(=O)c1cc([N+](=O)[O-])c(=O)n(CC(=O)Nc2cccc(C(C)=O)c2)c1. The van der Waals surface area contributed by atoms with Crippen LogP contribution in [-0.4, -0.2) is 34.3 Å². The van der Waals surface area contributed by atoms with Crippen molar-refractivity contribution in [1.82, 2.24) is 4.57 Å². The van der Waals surface area contributed by atoms with Crippen LogP contribution in [0.2, 0.25) is 0 Å². The average molecular weight is 373 g/mol. The van der Waals surface area contributed by atoms with E-state index in [1.165, 1.54) is 13.0 Å². The Morgan fingerprint density at radius 3 is 2.52 bits per heavy atom. The van der Waals surface area contributed by atoms with Crippen LogP contribution < -0.4 is 10.9 Å². The molecular formula is C17H15N3O7. The van der Waals surface area contributed by atoms with Crippen LogP contribution in [0.3, 0.4) is 0 Å². The molecule has 1 aromatic carbocycles. The van der Waals surface area contributed by atoms with Gasteiger partial charge in [-0.3, -0.25) is 29.1 Å². The maximum absolute atomic E-state index is 12.2. The van der Waals surface area contributed by atoms with Crippen LogP contribution in [0.15, 0.2) is 41.3 Å². The molecule has 0 atom stereocenters. The minimum Gasteiger partial charge on any atom is -0.465 e. The quantitative estimate of drug-likeness (QED) is 0.349. The molecule has 27 heavy (non-hydrogen) atoms. The van der Waals surface area contributed by atoms with Gasteiger partial charge >= 0.3 is 17.2 Å². The highest BCUT2D eigenvalue weighted by molar-refractivity contribution is 5.97. The van der Waals surface area contributed by atoms with Gasteiger partial charge in [0.25, 0.3) is 0 Å². The van der Waals surface area contributed by atoms with E-state index in [-0.39, 0.29) is 11.3 Å². The number of esters is 1. The van der Waals surface area contributed by atoms with E-state index in [1.54, 1.807) is 18.2 Å². The number of amides is 1. The van der Waals surface area contributed by atoms with Crippen molar-refractivity contribution in [3.05, 3.63) is 68.1 Å². The van der Waals surface area contributed by atoms with Crippen LogP contribution in [0.25, 0.3) is 0 Å². The van der Waals surface area contributed by atoms with Crippen molar-refractivity contribution in [2.24, 2.45) is 0 Å². The number of aromatic nitrogens is 1. The fourth-order valence-electron chi connectivity index (χ4n) is 2.27. The Hall–Kier alpha value is -3.82. The number of benzene rings is 1. The molecule has 0 saturated carbocycles. The summed E-state index contributed by atoms with van der Waals surface area (Å²) < 4.78 is 5.24. The van der Waals surface area contributed by atoms with Gasteiger partial charge < -0.3 is 10.1 Å². The average Bonchev–Trinajstić information content (AvgIpc) is 2.62. The third-order valence-corrected chi connectivity index (χ3v) is 3.55. The number of nitro groups is 1. The topological polar surface area (TPSA) is 138 Å². The van der Waals surface area contributed by atoms with Gasteiger partial charge in [-0.2, -0.15) is 0 Å². The van der Waals surface area contributed by atoms with Crippen LogP contribution in [0, 0.1) is 10.1 Å². The van der Waals surface area contributed by atoms with Gasteiger partial charge in [-0.25, -0.2) is 4.79 Å². The largest absolute Gasteiger partial charge is 0.465 e. The first-order chi connectivity index (χ1) is 12.7. The van der Waals surface area contributed by atoms with Gasteiger partial charge in [0, 0.05) is 23.5 Å². The van der Waals surface area contributed by atoms with Crippen molar-refractivity contribution in [1.29, 1.82) is 0 Å². The molecule has 2 rings (SSSR count). The molecule has 140 valence electrons. The zero-order valence-electron chi connectivity index (χ0n) is 14.4. The maximum atomic E-state index is 12.2. The zero-order chi connectivity index (χ0) is 20.1. The van der Waals surface area contributed by atoms with Crippen molar-refractivity contribution >= 4 is 29.0 Å². The molecule has 10 heteroatoms. The summed E-state index contributed by atoms with van der Waals surface area (Å²) in [7, 11) is 1.08. The van der Waals surface area contributed by atoms with E-state index >= 15 is 0 Å². The number of methoxy groups -OCH3 is 1. The number of Topliss-reactive ketones (excluding diaryl/α,β-unsaturated/α-hetero) is 1. The van der Waals surface area contributed by atoms with E-state index in [9.17, 15) is 29.3 Å². The van der Waals surface area contributed by atoms with Crippen molar-refractivity contribution in [2.75, 3.05) is 12.4 Å². The number of hydrogen-bond donors (Lipinski definition) is 1. The number of carbonyl (C=O) groups excluding carboxylic acids is 3. The predicted molar refractivity (Wildman–Crippen MR) is 93.8 cm³/mol. The van der Waals surface area contributed by atoms with Crippen molar-refractivity contribution in [3.8, 4) is 0 Å². The lowest BCUT2D eigenvalue weighted by Gasteiger charge is -2.09. The number of nitrogens with zero attached hydrogens (tertiary/aromatic N) is 2. The molecule has 0 saturated heterocycles. The first kappa shape index (κ1) is 19.5. The lowest BCUT2D eigenvalue weighted by atomic mass is 10.1. The Morgan fingerprint density at radius 1 is 1.22 bits per heavy atom. The highest BCUT2D eigenvalue weighted by Gasteiger charge is 2.21. The summed E-state index contributed by atoms with van der Waals surface area (Å²) in [5.41, 5.74) is -1.44. The van der Waals surface area contributed by atoms with Gasteiger partial charge in [0.15, 0.2) is 5.78 Å². The summed E-state index contributed by atoms with van der Waals surface area (Å²) in [6.07, 6.45) is 1.01. The third-order valence-electron chi connectivity index (χ3n) is 3.55. The Bertz CT molecular complexity index is 994. The van der Waals surface area contributed by atoms with E-state index in [0.717, 1.165) is 23.9 Å². The zero-order valence-corrected chi connectivity index (χ0v) is 14.4. The highest BCUT2D eigenvalue weighted by Crippen LogP contribution is 2.12. The molecule has 2 aromatic rings.